The third-order valence-electron chi connectivity index (χ3n) is 4.45. The van der Waals surface area contributed by atoms with Crippen LogP contribution in [0.1, 0.15) is 18.4 Å². The third-order valence-corrected chi connectivity index (χ3v) is 6.76. The lowest BCUT2D eigenvalue weighted by Gasteiger charge is -2.21. The molecule has 154 valence electrons. The molecule has 0 unspecified atom stereocenters. The molecule has 0 saturated carbocycles. The van der Waals surface area contributed by atoms with E-state index in [1.165, 1.54) is 5.56 Å². The maximum atomic E-state index is 13.1. The molecule has 0 N–H and O–H groups in total. The summed E-state index contributed by atoms with van der Waals surface area (Å²) in [5, 5.41) is 1.52. The number of halogens is 1. The van der Waals surface area contributed by atoms with Gasteiger partial charge in [-0.3, -0.25) is 9.69 Å². The van der Waals surface area contributed by atoms with Gasteiger partial charge in [0.05, 0.1) is 10.2 Å². The van der Waals surface area contributed by atoms with Crippen molar-refractivity contribution in [2.24, 2.45) is 0 Å². The normalized spacial score (nSPS) is 11.3. The molecule has 0 aliphatic rings. The number of thiazole rings is 1. The fourth-order valence-electron chi connectivity index (χ4n) is 2.93. The molecule has 0 bridgehead atoms. The van der Waals surface area contributed by atoms with Gasteiger partial charge in [-0.2, -0.15) is 0 Å². The molecule has 1 heterocycles. The minimum Gasteiger partial charge on any atom is -0.309 e. The number of aryl methyl sites for hydroxylation is 1. The van der Waals surface area contributed by atoms with Gasteiger partial charge in [0.2, 0.25) is 5.91 Å². The number of anilines is 1. The molecule has 0 fully saturated rings. The van der Waals surface area contributed by atoms with Gasteiger partial charge >= 0.3 is 0 Å². The standard InChI is InChI=1S/C22H26ClN3OS2/c1-16-5-10-19-20(15-16)29-22(24-19)26(13-4-12-25(2)3)21(27)11-14-28-18-8-6-17(23)7-9-18/h5-10,15H,4,11-14H2,1-3H3. The number of fused-ring (bicyclic) bond motifs is 1. The van der Waals surface area contributed by atoms with E-state index in [-0.39, 0.29) is 5.91 Å². The molecule has 7 heteroatoms. The summed E-state index contributed by atoms with van der Waals surface area (Å²) < 4.78 is 1.13. The van der Waals surface area contributed by atoms with Gasteiger partial charge in [0.25, 0.3) is 0 Å². The Balaban J connectivity index is 1.69. The topological polar surface area (TPSA) is 36.4 Å². The van der Waals surface area contributed by atoms with Crippen LogP contribution in [0, 0.1) is 6.92 Å². The number of nitrogens with zero attached hydrogens (tertiary/aromatic N) is 3. The first-order valence-electron chi connectivity index (χ1n) is 9.63. The molecule has 4 nitrogen and oxygen atoms in total. The number of rotatable bonds is 9. The van der Waals surface area contributed by atoms with Crippen LogP contribution >= 0.6 is 34.7 Å². The molecule has 3 rings (SSSR count). The number of amides is 1. The number of hydrogen-bond acceptors (Lipinski definition) is 5. The van der Waals surface area contributed by atoms with Crippen LogP contribution in [0.2, 0.25) is 5.02 Å². The monoisotopic (exact) mass is 447 g/mol. The Labute approximate surface area is 185 Å². The molecule has 0 radical (unpaired) electrons. The van der Waals surface area contributed by atoms with E-state index in [0.29, 0.717) is 13.0 Å². The fraction of sp³-hybridized carbons (Fsp3) is 0.364. The molecule has 1 aromatic heterocycles. The summed E-state index contributed by atoms with van der Waals surface area (Å²) in [6.07, 6.45) is 1.39. The van der Waals surface area contributed by atoms with E-state index in [1.807, 2.05) is 35.2 Å². The molecule has 1 amide bonds. The average Bonchev–Trinajstić information content (AvgIpc) is 3.09. The molecular formula is C22H26ClN3OS2. The number of aromatic nitrogens is 1. The largest absolute Gasteiger partial charge is 0.309 e. The molecule has 0 aliphatic heterocycles. The Morgan fingerprint density at radius 3 is 2.62 bits per heavy atom. The van der Waals surface area contributed by atoms with Gasteiger partial charge in [-0.25, -0.2) is 4.98 Å². The molecule has 0 saturated heterocycles. The third kappa shape index (κ3) is 6.44. The first-order chi connectivity index (χ1) is 13.9. The van der Waals surface area contributed by atoms with Gasteiger partial charge in [-0.15, -0.1) is 11.8 Å². The summed E-state index contributed by atoms with van der Waals surface area (Å²) in [6.45, 7) is 3.70. The van der Waals surface area contributed by atoms with Crippen LogP contribution in [0.4, 0.5) is 5.13 Å². The maximum absolute atomic E-state index is 13.1. The van der Waals surface area contributed by atoms with Crippen LogP contribution in [0.5, 0.6) is 0 Å². The zero-order chi connectivity index (χ0) is 20.8. The van der Waals surface area contributed by atoms with Crippen LogP contribution in [0.25, 0.3) is 10.2 Å². The van der Waals surface area contributed by atoms with Crippen molar-refractivity contribution in [2.75, 3.05) is 37.8 Å². The van der Waals surface area contributed by atoms with E-state index >= 15 is 0 Å². The highest BCUT2D eigenvalue weighted by Gasteiger charge is 2.19. The Kier molecular flexibility index (Phi) is 7.95. The van der Waals surface area contributed by atoms with Crippen molar-refractivity contribution in [1.29, 1.82) is 0 Å². The summed E-state index contributed by atoms with van der Waals surface area (Å²) in [4.78, 5) is 22.9. The highest BCUT2D eigenvalue weighted by molar-refractivity contribution is 7.99. The minimum absolute atomic E-state index is 0.126. The van der Waals surface area contributed by atoms with Crippen molar-refractivity contribution in [2.45, 2.75) is 24.7 Å². The predicted molar refractivity (Wildman–Crippen MR) is 127 cm³/mol. The first-order valence-corrected chi connectivity index (χ1v) is 11.8. The Morgan fingerprint density at radius 2 is 1.90 bits per heavy atom. The molecule has 29 heavy (non-hydrogen) atoms. The molecule has 0 aliphatic carbocycles. The van der Waals surface area contributed by atoms with Crippen LogP contribution in [-0.2, 0) is 4.79 Å². The van der Waals surface area contributed by atoms with E-state index in [0.717, 1.165) is 44.0 Å². The quantitative estimate of drug-likeness (QED) is 0.393. The number of carbonyl (C=O) groups is 1. The van der Waals surface area contributed by atoms with Gasteiger partial charge in [-0.1, -0.05) is 29.0 Å². The second-order valence-corrected chi connectivity index (χ2v) is 9.84. The second-order valence-electron chi connectivity index (χ2n) is 7.22. The summed E-state index contributed by atoms with van der Waals surface area (Å²) >= 11 is 9.21. The Morgan fingerprint density at radius 1 is 1.14 bits per heavy atom. The van der Waals surface area contributed by atoms with E-state index in [9.17, 15) is 4.79 Å². The van der Waals surface area contributed by atoms with Crippen molar-refractivity contribution in [3.05, 3.63) is 53.1 Å². The van der Waals surface area contributed by atoms with Crippen LogP contribution in [-0.4, -0.2) is 48.7 Å². The molecular weight excluding hydrogens is 422 g/mol. The van der Waals surface area contributed by atoms with Gasteiger partial charge < -0.3 is 4.90 Å². The van der Waals surface area contributed by atoms with Crippen LogP contribution in [0.3, 0.4) is 0 Å². The van der Waals surface area contributed by atoms with Crippen molar-refractivity contribution >= 4 is 56.0 Å². The number of thioether (sulfide) groups is 1. The van der Waals surface area contributed by atoms with Crippen molar-refractivity contribution in [1.82, 2.24) is 9.88 Å². The molecule has 0 atom stereocenters. The Bertz CT molecular complexity index is 956. The molecule has 0 spiro atoms. The highest BCUT2D eigenvalue weighted by atomic mass is 35.5. The predicted octanol–water partition coefficient (Wildman–Crippen LogP) is 5.73. The fourth-order valence-corrected chi connectivity index (χ4v) is 5.00. The van der Waals surface area contributed by atoms with Gasteiger partial charge in [0.1, 0.15) is 0 Å². The summed E-state index contributed by atoms with van der Waals surface area (Å²) in [5.41, 5.74) is 2.16. The lowest BCUT2D eigenvalue weighted by molar-refractivity contribution is -0.118. The summed E-state index contributed by atoms with van der Waals surface area (Å²) in [5.74, 6) is 0.857. The van der Waals surface area contributed by atoms with Gasteiger partial charge in [0.15, 0.2) is 5.13 Å². The van der Waals surface area contributed by atoms with Crippen molar-refractivity contribution in [3.63, 3.8) is 0 Å². The maximum Gasteiger partial charge on any atom is 0.229 e. The van der Waals surface area contributed by atoms with Crippen LogP contribution < -0.4 is 4.90 Å². The molecule has 3 aromatic rings. The van der Waals surface area contributed by atoms with Gasteiger partial charge in [0, 0.05) is 28.6 Å². The first kappa shape index (κ1) is 22.1. The van der Waals surface area contributed by atoms with Crippen LogP contribution in [0.15, 0.2) is 47.4 Å². The number of benzene rings is 2. The second kappa shape index (κ2) is 10.4. The average molecular weight is 448 g/mol. The summed E-state index contributed by atoms with van der Waals surface area (Å²) in [7, 11) is 4.10. The zero-order valence-corrected chi connectivity index (χ0v) is 19.4. The lowest BCUT2D eigenvalue weighted by atomic mass is 10.2. The number of hydrogen-bond donors (Lipinski definition) is 0. The number of carbonyl (C=O) groups excluding carboxylic acids is 1. The minimum atomic E-state index is 0.126. The highest BCUT2D eigenvalue weighted by Crippen LogP contribution is 2.30. The van der Waals surface area contributed by atoms with E-state index in [4.69, 9.17) is 16.6 Å². The van der Waals surface area contributed by atoms with Gasteiger partial charge in [-0.05, 0) is 75.9 Å². The SMILES string of the molecule is Cc1ccc2nc(N(CCCN(C)C)C(=O)CCSc3ccc(Cl)cc3)sc2c1. The molecule has 2 aromatic carbocycles. The van der Waals surface area contributed by atoms with E-state index in [2.05, 4.69) is 38.1 Å². The zero-order valence-electron chi connectivity index (χ0n) is 17.0. The smallest absolute Gasteiger partial charge is 0.229 e. The lowest BCUT2D eigenvalue weighted by Crippen LogP contribution is -2.33. The van der Waals surface area contributed by atoms with Crippen molar-refractivity contribution < 1.29 is 4.79 Å². The van der Waals surface area contributed by atoms with Crippen molar-refractivity contribution in [3.8, 4) is 0 Å². The van der Waals surface area contributed by atoms with E-state index in [1.54, 1.807) is 23.1 Å². The Hall–Kier alpha value is -1.60. The summed E-state index contributed by atoms with van der Waals surface area (Å²) in [6, 6.07) is 14.0. The van der Waals surface area contributed by atoms with E-state index < -0.39 is 0 Å².